The van der Waals surface area contributed by atoms with E-state index >= 15 is 0 Å². The van der Waals surface area contributed by atoms with Gasteiger partial charge in [-0.15, -0.1) is 11.8 Å². The first-order valence-corrected chi connectivity index (χ1v) is 4.44. The van der Waals surface area contributed by atoms with Crippen molar-refractivity contribution in [2.24, 2.45) is 0 Å². The number of thioether (sulfide) groups is 1. The van der Waals surface area contributed by atoms with Crippen LogP contribution in [0.25, 0.3) is 0 Å². The Morgan fingerprint density at radius 3 is 3.00 bits per heavy atom. The Morgan fingerprint density at radius 2 is 2.11 bits per heavy atom. The lowest BCUT2D eigenvalue weighted by Crippen LogP contribution is -1.84. The van der Waals surface area contributed by atoms with Crippen LogP contribution in [0, 0.1) is 0 Å². The molecular formula is C8H10S. The van der Waals surface area contributed by atoms with Gasteiger partial charge in [-0.05, 0) is 24.2 Å². The van der Waals surface area contributed by atoms with Gasteiger partial charge in [-0.2, -0.15) is 0 Å². The Balaban J connectivity index is 2.21. The van der Waals surface area contributed by atoms with Gasteiger partial charge in [0.1, 0.15) is 0 Å². The third kappa shape index (κ3) is 0.940. The van der Waals surface area contributed by atoms with Crippen LogP contribution in [0.1, 0.15) is 19.3 Å². The third-order valence-corrected chi connectivity index (χ3v) is 3.12. The molecular weight excluding hydrogens is 128 g/mol. The largest absolute Gasteiger partial charge is 0.130 e. The SMILES string of the molecule is C1=CCC2=C(C1)CCS2. The summed E-state index contributed by atoms with van der Waals surface area (Å²) < 4.78 is 0. The summed E-state index contributed by atoms with van der Waals surface area (Å²) in [7, 11) is 0. The van der Waals surface area contributed by atoms with Crippen LogP contribution in [-0.2, 0) is 0 Å². The van der Waals surface area contributed by atoms with E-state index in [0.29, 0.717) is 0 Å². The van der Waals surface area contributed by atoms with Crippen LogP contribution < -0.4 is 0 Å². The molecule has 48 valence electrons. The van der Waals surface area contributed by atoms with Crippen LogP contribution in [0.5, 0.6) is 0 Å². The molecule has 2 aliphatic rings. The molecule has 0 amide bonds. The Kier molecular flexibility index (Phi) is 1.38. The third-order valence-electron chi connectivity index (χ3n) is 1.91. The summed E-state index contributed by atoms with van der Waals surface area (Å²) in [5.74, 6) is 1.34. The van der Waals surface area contributed by atoms with Crippen molar-refractivity contribution in [3.63, 3.8) is 0 Å². The number of allylic oxidation sites excluding steroid dienone is 4. The van der Waals surface area contributed by atoms with E-state index < -0.39 is 0 Å². The van der Waals surface area contributed by atoms with Crippen molar-refractivity contribution in [1.82, 2.24) is 0 Å². The maximum atomic E-state index is 2.30. The average Bonchev–Trinajstić information content (AvgIpc) is 2.33. The molecule has 0 N–H and O–H groups in total. The quantitative estimate of drug-likeness (QED) is 0.464. The zero-order valence-corrected chi connectivity index (χ0v) is 6.21. The van der Waals surface area contributed by atoms with Crippen molar-refractivity contribution >= 4 is 11.8 Å². The average molecular weight is 138 g/mol. The van der Waals surface area contributed by atoms with Gasteiger partial charge in [0.05, 0.1) is 0 Å². The van der Waals surface area contributed by atoms with E-state index in [4.69, 9.17) is 0 Å². The Labute approximate surface area is 60.0 Å². The molecule has 9 heavy (non-hydrogen) atoms. The van der Waals surface area contributed by atoms with Gasteiger partial charge in [0.2, 0.25) is 0 Å². The van der Waals surface area contributed by atoms with E-state index in [1.54, 1.807) is 10.5 Å². The second-order valence-electron chi connectivity index (χ2n) is 2.50. The van der Waals surface area contributed by atoms with Crippen molar-refractivity contribution in [1.29, 1.82) is 0 Å². The monoisotopic (exact) mass is 138 g/mol. The highest BCUT2D eigenvalue weighted by Gasteiger charge is 2.14. The van der Waals surface area contributed by atoms with Gasteiger partial charge in [0.25, 0.3) is 0 Å². The second-order valence-corrected chi connectivity index (χ2v) is 3.69. The Hall–Kier alpha value is -0.170. The minimum Gasteiger partial charge on any atom is -0.130 e. The predicted octanol–water partition coefficient (Wildman–Crippen LogP) is 2.73. The van der Waals surface area contributed by atoms with Gasteiger partial charge in [-0.25, -0.2) is 0 Å². The summed E-state index contributed by atoms with van der Waals surface area (Å²) >= 11 is 2.05. The minimum absolute atomic E-state index is 1.22. The molecule has 0 saturated carbocycles. The van der Waals surface area contributed by atoms with Crippen molar-refractivity contribution < 1.29 is 0 Å². The summed E-state index contributed by atoms with van der Waals surface area (Å²) in [6, 6.07) is 0. The first-order valence-electron chi connectivity index (χ1n) is 3.45. The van der Waals surface area contributed by atoms with E-state index in [1.165, 1.54) is 25.0 Å². The Morgan fingerprint density at radius 1 is 1.22 bits per heavy atom. The lowest BCUT2D eigenvalue weighted by Gasteiger charge is -2.05. The Bertz CT molecular complexity index is 159. The molecule has 1 aliphatic carbocycles. The van der Waals surface area contributed by atoms with Crippen LogP contribution in [0.3, 0.4) is 0 Å². The number of rotatable bonds is 0. The van der Waals surface area contributed by atoms with Gasteiger partial charge in [-0.3, -0.25) is 0 Å². The zero-order valence-electron chi connectivity index (χ0n) is 5.39. The van der Waals surface area contributed by atoms with E-state index in [9.17, 15) is 0 Å². The molecule has 0 unspecified atom stereocenters. The lowest BCUT2D eigenvalue weighted by molar-refractivity contribution is 1.02. The molecule has 1 heteroatoms. The van der Waals surface area contributed by atoms with Crippen LogP contribution in [0.15, 0.2) is 22.6 Å². The molecule has 0 fully saturated rings. The highest BCUT2D eigenvalue weighted by Crippen LogP contribution is 2.37. The van der Waals surface area contributed by atoms with E-state index in [-0.39, 0.29) is 0 Å². The first kappa shape index (κ1) is 5.60. The topological polar surface area (TPSA) is 0 Å². The molecule has 0 spiro atoms. The predicted molar refractivity (Wildman–Crippen MR) is 42.5 cm³/mol. The minimum atomic E-state index is 1.22. The summed E-state index contributed by atoms with van der Waals surface area (Å²) in [5.41, 5.74) is 1.71. The fourth-order valence-electron chi connectivity index (χ4n) is 1.37. The standard InChI is InChI=1S/C8H10S/c1-2-4-8-7(3-1)5-6-9-8/h1-2H,3-6H2. The molecule has 0 aromatic heterocycles. The molecule has 2 rings (SSSR count). The van der Waals surface area contributed by atoms with Gasteiger partial charge in [0.15, 0.2) is 0 Å². The van der Waals surface area contributed by atoms with Gasteiger partial charge < -0.3 is 0 Å². The molecule has 0 radical (unpaired) electrons. The highest BCUT2D eigenvalue weighted by molar-refractivity contribution is 8.03. The molecule has 0 atom stereocenters. The van der Waals surface area contributed by atoms with E-state index in [0.717, 1.165) is 0 Å². The zero-order chi connectivity index (χ0) is 6.10. The van der Waals surface area contributed by atoms with Gasteiger partial charge in [-0.1, -0.05) is 17.7 Å². The van der Waals surface area contributed by atoms with Gasteiger partial charge >= 0.3 is 0 Å². The van der Waals surface area contributed by atoms with E-state index in [2.05, 4.69) is 23.9 Å². The maximum absolute atomic E-state index is 2.30. The smallest absolute Gasteiger partial charge is 0.00147 e. The summed E-state index contributed by atoms with van der Waals surface area (Å²) in [6.45, 7) is 0. The van der Waals surface area contributed by atoms with Crippen LogP contribution in [-0.4, -0.2) is 5.75 Å². The molecule has 1 aliphatic heterocycles. The number of hydrogen-bond donors (Lipinski definition) is 0. The highest BCUT2D eigenvalue weighted by atomic mass is 32.2. The molecule has 1 heterocycles. The molecule has 0 aromatic rings. The number of hydrogen-bond acceptors (Lipinski definition) is 1. The van der Waals surface area contributed by atoms with Crippen molar-refractivity contribution in [2.75, 3.05) is 5.75 Å². The second kappa shape index (κ2) is 2.22. The molecule has 0 aromatic carbocycles. The van der Waals surface area contributed by atoms with Crippen LogP contribution in [0.2, 0.25) is 0 Å². The van der Waals surface area contributed by atoms with Crippen LogP contribution >= 0.6 is 11.8 Å². The normalized spacial score (nSPS) is 24.9. The fraction of sp³-hybridized carbons (Fsp3) is 0.500. The van der Waals surface area contributed by atoms with Crippen LogP contribution in [0.4, 0.5) is 0 Å². The lowest BCUT2D eigenvalue weighted by atomic mass is 10.0. The summed E-state index contributed by atoms with van der Waals surface area (Å²) in [6.07, 6.45) is 8.40. The van der Waals surface area contributed by atoms with Crippen molar-refractivity contribution in [3.8, 4) is 0 Å². The summed E-state index contributed by atoms with van der Waals surface area (Å²) in [5, 5.41) is 0. The molecule has 0 saturated heterocycles. The fourth-order valence-corrected chi connectivity index (χ4v) is 2.57. The van der Waals surface area contributed by atoms with Crippen molar-refractivity contribution in [3.05, 3.63) is 22.6 Å². The van der Waals surface area contributed by atoms with Crippen molar-refractivity contribution in [2.45, 2.75) is 19.3 Å². The first-order chi connectivity index (χ1) is 4.47. The van der Waals surface area contributed by atoms with E-state index in [1.807, 2.05) is 0 Å². The molecule has 0 bridgehead atoms. The molecule has 0 nitrogen and oxygen atoms in total. The summed E-state index contributed by atoms with van der Waals surface area (Å²) in [4.78, 5) is 1.66. The van der Waals surface area contributed by atoms with Gasteiger partial charge in [0, 0.05) is 5.75 Å². The maximum Gasteiger partial charge on any atom is 0.00147 e.